The number of halogens is 1. The molecule has 3 aromatic carbocycles. The molecule has 0 aliphatic heterocycles. The lowest BCUT2D eigenvalue weighted by atomic mass is 9.66. The van der Waals surface area contributed by atoms with Crippen LogP contribution in [0.2, 0.25) is 0 Å². The number of carbonyl (C=O) groups is 1. The molecule has 1 atom stereocenters. The summed E-state index contributed by atoms with van der Waals surface area (Å²) in [4.78, 5) is 16.3. The van der Waals surface area contributed by atoms with Crippen LogP contribution in [0.5, 0.6) is 0 Å². The minimum atomic E-state index is -0.700. The third-order valence-corrected chi connectivity index (χ3v) is 6.24. The SMILES string of the molecule is C[C@@H](CC(C(=O)Cc1cccc(Br)c1)(c1ccccc1)c1ccccc1)N(C)C. The second-order valence-corrected chi connectivity index (χ2v) is 8.80. The predicted molar refractivity (Wildman–Crippen MR) is 124 cm³/mol. The van der Waals surface area contributed by atoms with Crippen LogP contribution in [0.1, 0.15) is 30.0 Å². The van der Waals surface area contributed by atoms with Crippen LogP contribution in [0.4, 0.5) is 0 Å². The van der Waals surface area contributed by atoms with Gasteiger partial charge in [0.2, 0.25) is 0 Å². The largest absolute Gasteiger partial charge is 0.307 e. The second kappa shape index (κ2) is 9.51. The number of hydrogen-bond donors (Lipinski definition) is 0. The molecule has 3 rings (SSSR count). The quantitative estimate of drug-likeness (QED) is 0.427. The van der Waals surface area contributed by atoms with E-state index in [-0.39, 0.29) is 11.8 Å². The summed E-state index contributed by atoms with van der Waals surface area (Å²) in [6, 6.07) is 28.8. The molecule has 0 bridgehead atoms. The van der Waals surface area contributed by atoms with Gasteiger partial charge in [0.25, 0.3) is 0 Å². The van der Waals surface area contributed by atoms with Gasteiger partial charge >= 0.3 is 0 Å². The normalized spacial score (nSPS) is 12.7. The molecular weight excluding hydrogens is 422 g/mol. The lowest BCUT2D eigenvalue weighted by molar-refractivity contribution is -0.123. The zero-order chi connectivity index (χ0) is 20.9. The Morgan fingerprint density at radius 2 is 1.45 bits per heavy atom. The third-order valence-electron chi connectivity index (χ3n) is 5.75. The van der Waals surface area contributed by atoms with Gasteiger partial charge in [-0.15, -0.1) is 0 Å². The zero-order valence-electron chi connectivity index (χ0n) is 17.3. The summed E-state index contributed by atoms with van der Waals surface area (Å²) in [5.41, 5.74) is 2.44. The van der Waals surface area contributed by atoms with Gasteiger partial charge in [-0.05, 0) is 56.3 Å². The highest BCUT2D eigenvalue weighted by atomic mass is 79.9. The highest BCUT2D eigenvalue weighted by molar-refractivity contribution is 9.10. The molecule has 0 spiro atoms. The van der Waals surface area contributed by atoms with Crippen molar-refractivity contribution in [1.82, 2.24) is 4.90 Å². The average Bonchev–Trinajstić information content (AvgIpc) is 2.73. The van der Waals surface area contributed by atoms with E-state index >= 15 is 0 Å². The lowest BCUT2D eigenvalue weighted by Gasteiger charge is -2.38. The maximum absolute atomic E-state index is 14.1. The van der Waals surface area contributed by atoms with Gasteiger partial charge < -0.3 is 4.90 Å². The Morgan fingerprint density at radius 1 is 0.897 bits per heavy atom. The van der Waals surface area contributed by atoms with Crippen molar-refractivity contribution in [3.8, 4) is 0 Å². The van der Waals surface area contributed by atoms with E-state index in [9.17, 15) is 4.79 Å². The molecule has 3 heteroatoms. The molecule has 150 valence electrons. The molecule has 0 amide bonds. The van der Waals surface area contributed by atoms with Gasteiger partial charge in [0.1, 0.15) is 0 Å². The summed E-state index contributed by atoms with van der Waals surface area (Å²) in [5, 5.41) is 0. The summed E-state index contributed by atoms with van der Waals surface area (Å²) in [6.07, 6.45) is 1.12. The van der Waals surface area contributed by atoms with Crippen LogP contribution in [-0.4, -0.2) is 30.8 Å². The summed E-state index contributed by atoms with van der Waals surface area (Å²) >= 11 is 3.53. The molecular formula is C26H28BrNO. The fraction of sp³-hybridized carbons (Fsp3) is 0.269. The van der Waals surface area contributed by atoms with Crippen LogP contribution in [0.3, 0.4) is 0 Å². The van der Waals surface area contributed by atoms with Gasteiger partial charge in [-0.25, -0.2) is 0 Å². The topological polar surface area (TPSA) is 20.3 Å². The monoisotopic (exact) mass is 449 g/mol. The van der Waals surface area contributed by atoms with Gasteiger partial charge in [0.05, 0.1) is 5.41 Å². The van der Waals surface area contributed by atoms with Crippen molar-refractivity contribution in [1.29, 1.82) is 0 Å². The Bertz CT molecular complexity index is 898. The zero-order valence-corrected chi connectivity index (χ0v) is 18.9. The van der Waals surface area contributed by atoms with Crippen LogP contribution >= 0.6 is 15.9 Å². The van der Waals surface area contributed by atoms with Crippen molar-refractivity contribution >= 4 is 21.7 Å². The fourth-order valence-corrected chi connectivity index (χ4v) is 4.34. The minimum absolute atomic E-state index is 0.224. The molecule has 0 radical (unpaired) electrons. The molecule has 0 aliphatic rings. The van der Waals surface area contributed by atoms with Gasteiger partial charge in [-0.3, -0.25) is 4.79 Å². The molecule has 0 N–H and O–H groups in total. The first-order chi connectivity index (χ1) is 13.9. The van der Waals surface area contributed by atoms with E-state index in [1.165, 1.54) is 0 Å². The number of benzene rings is 3. The Hall–Kier alpha value is -2.23. The molecule has 0 heterocycles. The van der Waals surface area contributed by atoms with E-state index < -0.39 is 5.41 Å². The lowest BCUT2D eigenvalue weighted by Crippen LogP contribution is -2.44. The van der Waals surface area contributed by atoms with Crippen molar-refractivity contribution in [3.63, 3.8) is 0 Å². The number of ketones is 1. The molecule has 0 unspecified atom stereocenters. The number of Topliss-reactive ketones (excluding diaryl/α,β-unsaturated/α-hetero) is 1. The molecule has 0 saturated heterocycles. The van der Waals surface area contributed by atoms with Crippen LogP contribution in [0.15, 0.2) is 89.4 Å². The van der Waals surface area contributed by atoms with Crippen LogP contribution in [0.25, 0.3) is 0 Å². The number of nitrogens with zero attached hydrogens (tertiary/aromatic N) is 1. The first-order valence-corrected chi connectivity index (χ1v) is 10.8. The van der Waals surface area contributed by atoms with E-state index in [0.29, 0.717) is 6.42 Å². The smallest absolute Gasteiger partial charge is 0.152 e. The second-order valence-electron chi connectivity index (χ2n) is 7.88. The van der Waals surface area contributed by atoms with Gasteiger partial charge in [-0.1, -0.05) is 88.7 Å². The van der Waals surface area contributed by atoms with Crippen LogP contribution < -0.4 is 0 Å². The maximum Gasteiger partial charge on any atom is 0.152 e. The first kappa shape index (κ1) is 21.5. The Labute approximate surface area is 182 Å². The summed E-state index contributed by atoms with van der Waals surface area (Å²) < 4.78 is 0.995. The molecule has 0 aliphatic carbocycles. The Morgan fingerprint density at radius 3 is 1.93 bits per heavy atom. The van der Waals surface area contributed by atoms with Gasteiger partial charge in [0, 0.05) is 16.9 Å². The fourth-order valence-electron chi connectivity index (χ4n) is 3.89. The standard InChI is InChI=1S/C26H28BrNO/c1-20(28(2)3)19-26(22-12-6-4-7-13-22,23-14-8-5-9-15-23)25(29)18-21-11-10-16-24(27)17-21/h4-17,20H,18-19H2,1-3H3/t20-/m0/s1. The Balaban J connectivity index is 2.16. The van der Waals surface area contributed by atoms with E-state index in [4.69, 9.17) is 0 Å². The predicted octanol–water partition coefficient (Wildman–Crippen LogP) is 5.89. The summed E-state index contributed by atoms with van der Waals surface area (Å²) in [7, 11) is 4.15. The van der Waals surface area contributed by atoms with E-state index in [1.807, 2.05) is 60.7 Å². The number of hydrogen-bond acceptors (Lipinski definition) is 2. The maximum atomic E-state index is 14.1. The van der Waals surface area contributed by atoms with E-state index in [0.717, 1.165) is 27.6 Å². The minimum Gasteiger partial charge on any atom is -0.307 e. The van der Waals surface area contributed by atoms with Crippen molar-refractivity contribution in [2.45, 2.75) is 31.2 Å². The molecule has 0 fully saturated rings. The van der Waals surface area contributed by atoms with Crippen molar-refractivity contribution in [2.75, 3.05) is 14.1 Å². The molecule has 2 nitrogen and oxygen atoms in total. The number of rotatable bonds is 8. The molecule has 0 saturated carbocycles. The van der Waals surface area contributed by atoms with Gasteiger partial charge in [-0.2, -0.15) is 0 Å². The van der Waals surface area contributed by atoms with E-state index in [2.05, 4.69) is 66.1 Å². The van der Waals surface area contributed by atoms with Crippen LogP contribution in [-0.2, 0) is 16.6 Å². The Kier molecular flexibility index (Phi) is 7.05. The van der Waals surface area contributed by atoms with E-state index in [1.54, 1.807) is 0 Å². The number of carbonyl (C=O) groups excluding carboxylic acids is 1. The summed E-state index contributed by atoms with van der Waals surface area (Å²) in [6.45, 7) is 2.19. The van der Waals surface area contributed by atoms with Crippen molar-refractivity contribution < 1.29 is 4.79 Å². The highest BCUT2D eigenvalue weighted by Gasteiger charge is 2.42. The summed E-state index contributed by atoms with van der Waals surface area (Å²) in [5.74, 6) is 0.224. The first-order valence-electron chi connectivity index (χ1n) is 9.98. The van der Waals surface area contributed by atoms with Gasteiger partial charge in [0.15, 0.2) is 5.78 Å². The molecule has 29 heavy (non-hydrogen) atoms. The third kappa shape index (κ3) is 4.85. The highest BCUT2D eigenvalue weighted by Crippen LogP contribution is 2.39. The average molecular weight is 450 g/mol. The van der Waals surface area contributed by atoms with Crippen molar-refractivity contribution in [3.05, 3.63) is 106 Å². The molecule has 3 aromatic rings. The molecule has 0 aromatic heterocycles. The van der Waals surface area contributed by atoms with Crippen molar-refractivity contribution in [2.24, 2.45) is 0 Å². The van der Waals surface area contributed by atoms with Crippen LogP contribution in [0, 0.1) is 0 Å².